The number of hydrogen-bond acceptors (Lipinski definition) is 7. The predicted molar refractivity (Wildman–Crippen MR) is 128 cm³/mol. The van der Waals surface area contributed by atoms with Crippen LogP contribution in [0.5, 0.6) is 5.75 Å². The smallest absolute Gasteiger partial charge is 0.411 e. The summed E-state index contributed by atoms with van der Waals surface area (Å²) in [5.41, 5.74) is -4.21. The highest BCUT2D eigenvalue weighted by Crippen LogP contribution is 2.51. The fourth-order valence-electron chi connectivity index (χ4n) is 4.34. The molecule has 2 heterocycles. The van der Waals surface area contributed by atoms with Crippen molar-refractivity contribution < 1.29 is 36.2 Å². The maximum atomic E-state index is 13.8. The van der Waals surface area contributed by atoms with E-state index >= 15 is 0 Å². The number of carbonyl (C=O) groups is 1. The molecule has 206 valence electrons. The molecule has 0 unspecified atom stereocenters. The van der Waals surface area contributed by atoms with E-state index in [-0.39, 0.29) is 39.4 Å². The molecule has 1 aliphatic heterocycles. The molecule has 1 amide bonds. The summed E-state index contributed by atoms with van der Waals surface area (Å²) in [6.07, 6.45) is -5.15. The lowest BCUT2D eigenvalue weighted by atomic mass is 9.99. The second-order valence-electron chi connectivity index (χ2n) is 9.82. The number of alkyl halides is 3. The van der Waals surface area contributed by atoms with Crippen LogP contribution in [0.25, 0.3) is 0 Å². The molecular formula is C23H24ClF3N5O5S-. The fourth-order valence-corrected chi connectivity index (χ4v) is 6.29. The van der Waals surface area contributed by atoms with E-state index in [0.717, 1.165) is 16.4 Å². The summed E-state index contributed by atoms with van der Waals surface area (Å²) >= 11 is 6.13. The Kier molecular flexibility index (Phi) is 6.76. The molecule has 1 fully saturated rings. The van der Waals surface area contributed by atoms with Crippen molar-refractivity contribution in [3.05, 3.63) is 29.5 Å². The van der Waals surface area contributed by atoms with E-state index in [4.69, 9.17) is 16.3 Å². The number of rotatable bonds is 7. The fraction of sp³-hybridized carbons (Fsp3) is 0.522. The third-order valence-electron chi connectivity index (χ3n) is 6.85. The van der Waals surface area contributed by atoms with Crippen molar-refractivity contribution >= 4 is 39.1 Å². The number of nitrogens with zero attached hydrogens (tertiary/aromatic N) is 5. The summed E-state index contributed by atoms with van der Waals surface area (Å²) in [6.45, 7) is 3.08. The minimum atomic E-state index is -4.98. The van der Waals surface area contributed by atoms with Gasteiger partial charge in [-0.15, -0.1) is 0 Å². The molecule has 0 spiro atoms. The molecule has 1 aromatic carbocycles. The van der Waals surface area contributed by atoms with Crippen LogP contribution in [-0.4, -0.2) is 48.7 Å². The van der Waals surface area contributed by atoms with E-state index in [1.807, 2.05) is 0 Å². The van der Waals surface area contributed by atoms with E-state index in [1.165, 1.54) is 16.9 Å². The Balaban J connectivity index is 1.85. The molecule has 4 rings (SSSR count). The van der Waals surface area contributed by atoms with Crippen molar-refractivity contribution in [2.45, 2.75) is 69.3 Å². The number of halogens is 4. The first-order valence-electron chi connectivity index (χ1n) is 11.6. The van der Waals surface area contributed by atoms with Gasteiger partial charge in [-0.3, -0.25) is 8.99 Å². The highest BCUT2D eigenvalue weighted by Gasteiger charge is 2.53. The van der Waals surface area contributed by atoms with Gasteiger partial charge in [0.15, 0.2) is 5.15 Å². The van der Waals surface area contributed by atoms with Gasteiger partial charge in [-0.2, -0.15) is 23.5 Å². The number of carbonyl (C=O) groups excluding carboxylic acids is 1. The average molecular weight is 575 g/mol. The van der Waals surface area contributed by atoms with Gasteiger partial charge in [0, 0.05) is 24.8 Å². The van der Waals surface area contributed by atoms with Crippen molar-refractivity contribution in [1.82, 2.24) is 9.78 Å². The minimum absolute atomic E-state index is 0.00978. The summed E-state index contributed by atoms with van der Waals surface area (Å²) in [7, 11) is -4.45. The summed E-state index contributed by atoms with van der Waals surface area (Å²) in [6, 6.07) is 5.49. The Hall–Kier alpha value is -3.18. The Morgan fingerprint density at radius 1 is 1.37 bits per heavy atom. The van der Waals surface area contributed by atoms with Crippen LogP contribution in [0.15, 0.2) is 29.3 Å². The summed E-state index contributed by atoms with van der Waals surface area (Å²) < 4.78 is 77.1. The maximum absolute atomic E-state index is 13.8. The van der Waals surface area contributed by atoms with E-state index in [9.17, 15) is 36.8 Å². The van der Waals surface area contributed by atoms with Gasteiger partial charge >= 0.3 is 6.18 Å². The number of benzene rings is 1. The summed E-state index contributed by atoms with van der Waals surface area (Å²) in [4.78, 5) is 11.6. The molecule has 0 N–H and O–H groups in total. The first-order valence-corrected chi connectivity index (χ1v) is 13.4. The zero-order valence-corrected chi connectivity index (χ0v) is 22.2. The third-order valence-corrected chi connectivity index (χ3v) is 9.03. The molecule has 0 radical (unpaired) electrons. The largest absolute Gasteiger partial charge is 0.530 e. The van der Waals surface area contributed by atoms with Gasteiger partial charge in [-0.25, -0.2) is 8.42 Å². The number of nitriles is 1. The number of anilines is 2. The molecule has 38 heavy (non-hydrogen) atoms. The zero-order chi connectivity index (χ0) is 28.3. The maximum Gasteiger partial charge on any atom is 0.411 e. The normalized spacial score (nSPS) is 18.8. The molecule has 15 heteroatoms. The highest BCUT2D eigenvalue weighted by molar-refractivity contribution is 7.93. The Bertz CT molecular complexity index is 1420. The molecule has 0 bridgehead atoms. The van der Waals surface area contributed by atoms with Gasteiger partial charge < -0.3 is 19.5 Å². The zero-order valence-electron chi connectivity index (χ0n) is 20.6. The molecule has 1 aromatic heterocycles. The van der Waals surface area contributed by atoms with Crippen LogP contribution < -0.4 is 19.0 Å². The Morgan fingerprint density at radius 3 is 2.53 bits per heavy atom. The second kappa shape index (κ2) is 9.23. The summed E-state index contributed by atoms with van der Waals surface area (Å²) in [5.74, 6) is -0.00978. The number of carboxylic acid groups (broad SMARTS) is 1. The van der Waals surface area contributed by atoms with Gasteiger partial charge in [0.25, 0.3) is 10.0 Å². The standard InChI is InChI=1S/C23H25ClF3N5O5S/c1-4-30-12-18(19(24)29-30)38(35,36)31-11-15(10-22(13-28)7-8-22)37-17-6-5-14(9-16(17)31)32(20(33)34)21(2,3)23(25,26)27/h5-6,9,12,15H,4,7-8,10-11H2,1-3H3,(H,33,34)/p-1/t15-/m0/s1. The highest BCUT2D eigenvalue weighted by atomic mass is 35.5. The number of sulfonamides is 1. The van der Waals surface area contributed by atoms with Crippen LogP contribution in [0.2, 0.25) is 5.15 Å². The molecule has 2 aliphatic rings. The lowest BCUT2D eigenvalue weighted by Gasteiger charge is -2.42. The molecule has 10 nitrogen and oxygen atoms in total. The van der Waals surface area contributed by atoms with Gasteiger partial charge in [0.2, 0.25) is 0 Å². The molecule has 1 atom stereocenters. The van der Waals surface area contributed by atoms with Gasteiger partial charge in [0.1, 0.15) is 28.4 Å². The van der Waals surface area contributed by atoms with E-state index < -0.39 is 45.0 Å². The van der Waals surface area contributed by atoms with Gasteiger partial charge in [-0.1, -0.05) is 11.6 Å². The topological polar surface area (TPSA) is 132 Å². The number of hydrogen-bond donors (Lipinski definition) is 0. The van der Waals surface area contributed by atoms with Crippen LogP contribution in [0.4, 0.5) is 29.3 Å². The number of aromatic nitrogens is 2. The monoisotopic (exact) mass is 574 g/mol. The van der Waals surface area contributed by atoms with Crippen LogP contribution in [0.3, 0.4) is 0 Å². The van der Waals surface area contributed by atoms with Gasteiger partial charge in [-0.05, 0) is 51.8 Å². The van der Waals surface area contributed by atoms with Crippen molar-refractivity contribution in [2.75, 3.05) is 15.7 Å². The third kappa shape index (κ3) is 4.73. The predicted octanol–water partition coefficient (Wildman–Crippen LogP) is 3.70. The summed E-state index contributed by atoms with van der Waals surface area (Å²) in [5, 5.41) is 25.1. The lowest BCUT2D eigenvalue weighted by molar-refractivity contribution is -0.254. The van der Waals surface area contributed by atoms with Crippen LogP contribution in [0.1, 0.15) is 40.0 Å². The number of amides is 1. The van der Waals surface area contributed by atoms with E-state index in [2.05, 4.69) is 11.2 Å². The molecule has 2 aromatic rings. The van der Waals surface area contributed by atoms with Crippen LogP contribution in [-0.2, 0) is 16.6 Å². The lowest BCUT2D eigenvalue weighted by Crippen LogP contribution is -2.60. The van der Waals surface area contributed by atoms with E-state index in [1.54, 1.807) is 6.92 Å². The van der Waals surface area contributed by atoms with Crippen molar-refractivity contribution in [2.24, 2.45) is 5.41 Å². The van der Waals surface area contributed by atoms with Crippen molar-refractivity contribution in [3.63, 3.8) is 0 Å². The number of fused-ring (bicyclic) bond motifs is 1. The number of ether oxygens (including phenoxy) is 1. The van der Waals surface area contributed by atoms with Crippen molar-refractivity contribution in [3.8, 4) is 11.8 Å². The van der Waals surface area contributed by atoms with Crippen LogP contribution in [0, 0.1) is 16.7 Å². The second-order valence-corrected chi connectivity index (χ2v) is 12.0. The molecule has 0 saturated heterocycles. The SMILES string of the molecule is CCn1cc(S(=O)(=O)N2C[C@H](CC3(C#N)CC3)Oc3ccc(N(C(=O)[O-])C(C)(C)C(F)(F)F)cc32)c(Cl)n1. The first kappa shape index (κ1) is 27.8. The van der Waals surface area contributed by atoms with Gasteiger partial charge in [0.05, 0.1) is 23.7 Å². The quantitative estimate of drug-likeness (QED) is 0.492. The minimum Gasteiger partial charge on any atom is -0.530 e. The Morgan fingerprint density at radius 2 is 2.03 bits per heavy atom. The molecule has 1 aliphatic carbocycles. The van der Waals surface area contributed by atoms with Crippen molar-refractivity contribution in [1.29, 1.82) is 5.26 Å². The number of aryl methyl sites for hydroxylation is 1. The molecular weight excluding hydrogens is 551 g/mol. The molecule has 1 saturated carbocycles. The first-order chi connectivity index (χ1) is 17.6. The average Bonchev–Trinajstić information content (AvgIpc) is 3.48. The van der Waals surface area contributed by atoms with Crippen LogP contribution >= 0.6 is 11.6 Å². The van der Waals surface area contributed by atoms with E-state index in [0.29, 0.717) is 33.2 Å². The Labute approximate surface area is 222 Å².